The van der Waals surface area contributed by atoms with Crippen molar-refractivity contribution < 1.29 is 13.6 Å². The molecule has 0 radical (unpaired) electrons. The van der Waals surface area contributed by atoms with Crippen molar-refractivity contribution in [1.29, 1.82) is 0 Å². The SMILES string of the molecule is O=C(c1cccc(Br)c1F)c1cccc(F)c1Cl. The number of rotatable bonds is 2. The Labute approximate surface area is 116 Å². The molecule has 0 amide bonds. The van der Waals surface area contributed by atoms with Gasteiger partial charge in [-0.3, -0.25) is 4.79 Å². The van der Waals surface area contributed by atoms with Gasteiger partial charge in [-0.15, -0.1) is 0 Å². The van der Waals surface area contributed by atoms with Gasteiger partial charge in [-0.25, -0.2) is 8.78 Å². The number of halogens is 4. The quantitative estimate of drug-likeness (QED) is 0.734. The Hall–Kier alpha value is -1.26. The smallest absolute Gasteiger partial charge is 0.197 e. The topological polar surface area (TPSA) is 17.1 Å². The third-order valence-corrected chi connectivity index (χ3v) is 3.39. The fourth-order valence-corrected chi connectivity index (χ4v) is 2.08. The maximum Gasteiger partial charge on any atom is 0.197 e. The van der Waals surface area contributed by atoms with Crippen LogP contribution in [0.5, 0.6) is 0 Å². The van der Waals surface area contributed by atoms with Crippen LogP contribution >= 0.6 is 27.5 Å². The Kier molecular flexibility index (Phi) is 3.78. The monoisotopic (exact) mass is 330 g/mol. The lowest BCUT2D eigenvalue weighted by Gasteiger charge is -2.06. The van der Waals surface area contributed by atoms with Gasteiger partial charge in [-0.05, 0) is 40.2 Å². The van der Waals surface area contributed by atoms with Crippen molar-refractivity contribution in [2.45, 2.75) is 0 Å². The number of carbonyl (C=O) groups excluding carboxylic acids is 1. The first-order valence-corrected chi connectivity index (χ1v) is 6.12. The van der Waals surface area contributed by atoms with Crippen molar-refractivity contribution in [3.05, 3.63) is 68.7 Å². The zero-order chi connectivity index (χ0) is 13.3. The van der Waals surface area contributed by atoms with Crippen molar-refractivity contribution in [1.82, 2.24) is 0 Å². The summed E-state index contributed by atoms with van der Waals surface area (Å²) in [4.78, 5) is 12.1. The molecular weight excluding hydrogens is 325 g/mol. The van der Waals surface area contributed by atoms with Crippen LogP contribution in [0.25, 0.3) is 0 Å². The lowest BCUT2D eigenvalue weighted by atomic mass is 10.0. The van der Waals surface area contributed by atoms with Crippen LogP contribution in [-0.2, 0) is 0 Å². The number of hydrogen-bond donors (Lipinski definition) is 0. The second-order valence-corrected chi connectivity index (χ2v) is 4.76. The van der Waals surface area contributed by atoms with Gasteiger partial charge >= 0.3 is 0 Å². The average Bonchev–Trinajstić information content (AvgIpc) is 2.35. The fourth-order valence-electron chi connectivity index (χ4n) is 1.50. The second-order valence-electron chi connectivity index (χ2n) is 3.53. The normalized spacial score (nSPS) is 10.4. The molecule has 0 aliphatic rings. The van der Waals surface area contributed by atoms with E-state index < -0.39 is 17.4 Å². The summed E-state index contributed by atoms with van der Waals surface area (Å²) in [6, 6.07) is 8.16. The first-order valence-electron chi connectivity index (χ1n) is 4.95. The summed E-state index contributed by atoms with van der Waals surface area (Å²) in [5.74, 6) is -2.06. The molecule has 92 valence electrons. The summed E-state index contributed by atoms with van der Waals surface area (Å²) >= 11 is 8.69. The van der Waals surface area contributed by atoms with Gasteiger partial charge in [0.15, 0.2) is 5.78 Å². The van der Waals surface area contributed by atoms with Gasteiger partial charge < -0.3 is 0 Å². The van der Waals surface area contributed by atoms with E-state index in [0.29, 0.717) is 0 Å². The van der Waals surface area contributed by atoms with Gasteiger partial charge in [0, 0.05) is 5.56 Å². The molecule has 2 aromatic carbocycles. The van der Waals surface area contributed by atoms with Gasteiger partial charge in [0.25, 0.3) is 0 Å². The van der Waals surface area contributed by atoms with Crippen LogP contribution in [0.2, 0.25) is 5.02 Å². The largest absolute Gasteiger partial charge is 0.288 e. The molecule has 0 saturated carbocycles. The molecule has 2 rings (SSSR count). The highest BCUT2D eigenvalue weighted by atomic mass is 79.9. The molecule has 0 saturated heterocycles. The van der Waals surface area contributed by atoms with E-state index in [4.69, 9.17) is 11.6 Å². The van der Waals surface area contributed by atoms with Gasteiger partial charge in [0.05, 0.1) is 15.1 Å². The predicted octanol–water partition coefficient (Wildman–Crippen LogP) is 4.61. The molecule has 0 fully saturated rings. The lowest BCUT2D eigenvalue weighted by molar-refractivity contribution is 0.103. The Morgan fingerprint density at radius 1 is 1.06 bits per heavy atom. The van der Waals surface area contributed by atoms with Crippen LogP contribution in [0, 0.1) is 11.6 Å². The van der Waals surface area contributed by atoms with Gasteiger partial charge in [0.1, 0.15) is 11.6 Å². The predicted molar refractivity (Wildman–Crippen MR) is 68.9 cm³/mol. The molecule has 0 aliphatic carbocycles. The minimum atomic E-state index is -0.710. The Bertz CT molecular complexity index is 575. The van der Waals surface area contributed by atoms with E-state index in [1.807, 2.05) is 0 Å². The van der Waals surface area contributed by atoms with E-state index >= 15 is 0 Å². The molecule has 2 aromatic rings. The zero-order valence-electron chi connectivity index (χ0n) is 8.88. The summed E-state index contributed by atoms with van der Waals surface area (Å²) in [7, 11) is 0. The van der Waals surface area contributed by atoms with E-state index in [9.17, 15) is 13.6 Å². The van der Waals surface area contributed by atoms with Crippen molar-refractivity contribution in [2.75, 3.05) is 0 Å². The number of benzene rings is 2. The van der Waals surface area contributed by atoms with Crippen LogP contribution < -0.4 is 0 Å². The molecule has 1 nitrogen and oxygen atoms in total. The first-order chi connectivity index (χ1) is 8.52. The van der Waals surface area contributed by atoms with Crippen LogP contribution in [0.3, 0.4) is 0 Å². The van der Waals surface area contributed by atoms with Crippen LogP contribution in [0.4, 0.5) is 8.78 Å². The molecule has 0 aliphatic heterocycles. The van der Waals surface area contributed by atoms with Crippen LogP contribution in [0.15, 0.2) is 40.9 Å². The van der Waals surface area contributed by atoms with Crippen molar-refractivity contribution in [3.63, 3.8) is 0 Å². The van der Waals surface area contributed by atoms with E-state index in [-0.39, 0.29) is 20.6 Å². The van der Waals surface area contributed by atoms with Crippen molar-refractivity contribution in [3.8, 4) is 0 Å². The van der Waals surface area contributed by atoms with Gasteiger partial charge in [-0.1, -0.05) is 23.7 Å². The Morgan fingerprint density at radius 2 is 1.67 bits per heavy atom. The molecule has 0 spiro atoms. The maximum atomic E-state index is 13.8. The van der Waals surface area contributed by atoms with E-state index in [2.05, 4.69) is 15.9 Å². The maximum absolute atomic E-state index is 13.8. The number of carbonyl (C=O) groups is 1. The highest BCUT2D eigenvalue weighted by molar-refractivity contribution is 9.10. The molecule has 0 atom stereocenters. The van der Waals surface area contributed by atoms with Crippen molar-refractivity contribution >= 4 is 33.3 Å². The summed E-state index contributed by atoms with van der Waals surface area (Å²) < 4.78 is 27.2. The molecule has 0 aromatic heterocycles. The number of ketones is 1. The molecular formula is C13H6BrClF2O. The third kappa shape index (κ3) is 2.31. The fraction of sp³-hybridized carbons (Fsp3) is 0. The molecule has 0 bridgehead atoms. The minimum absolute atomic E-state index is 0.0614. The second kappa shape index (κ2) is 5.16. The Morgan fingerprint density at radius 3 is 2.39 bits per heavy atom. The zero-order valence-corrected chi connectivity index (χ0v) is 11.2. The molecule has 5 heteroatoms. The highest BCUT2D eigenvalue weighted by Gasteiger charge is 2.19. The van der Waals surface area contributed by atoms with E-state index in [1.54, 1.807) is 0 Å². The number of hydrogen-bond acceptors (Lipinski definition) is 1. The average molecular weight is 332 g/mol. The molecule has 0 unspecified atom stereocenters. The summed E-state index contributed by atoms with van der Waals surface area (Å²) in [6.07, 6.45) is 0. The molecule has 0 heterocycles. The summed E-state index contributed by atoms with van der Waals surface area (Å²) in [6.45, 7) is 0. The van der Waals surface area contributed by atoms with Gasteiger partial charge in [0.2, 0.25) is 0 Å². The minimum Gasteiger partial charge on any atom is -0.288 e. The lowest BCUT2D eigenvalue weighted by Crippen LogP contribution is -2.06. The van der Waals surface area contributed by atoms with Crippen LogP contribution in [-0.4, -0.2) is 5.78 Å². The third-order valence-electron chi connectivity index (χ3n) is 2.39. The van der Waals surface area contributed by atoms with E-state index in [0.717, 1.165) is 6.07 Å². The molecule has 18 heavy (non-hydrogen) atoms. The summed E-state index contributed by atoms with van der Waals surface area (Å²) in [5.41, 5.74) is -0.217. The standard InChI is InChI=1S/C13H6BrClF2O/c14-9-5-1-4-8(12(9)17)13(18)7-3-2-6-10(16)11(7)15/h1-6H. The summed E-state index contributed by atoms with van der Waals surface area (Å²) in [5, 5.41) is -0.304. The molecule has 0 N–H and O–H groups in total. The Balaban J connectivity index is 2.55. The van der Waals surface area contributed by atoms with Crippen molar-refractivity contribution in [2.24, 2.45) is 0 Å². The van der Waals surface area contributed by atoms with Gasteiger partial charge in [-0.2, -0.15) is 0 Å². The highest BCUT2D eigenvalue weighted by Crippen LogP contribution is 2.25. The first kappa shape index (κ1) is 13.2. The van der Waals surface area contributed by atoms with Crippen LogP contribution in [0.1, 0.15) is 15.9 Å². The van der Waals surface area contributed by atoms with E-state index in [1.165, 1.54) is 30.3 Å².